The van der Waals surface area contributed by atoms with E-state index in [1.54, 1.807) is 6.07 Å². The number of nitro benzene ring substituents is 1. The van der Waals surface area contributed by atoms with Crippen LogP contribution in [0.1, 0.15) is 15.9 Å². The van der Waals surface area contributed by atoms with Gasteiger partial charge in [0.05, 0.1) is 30.8 Å². The second kappa shape index (κ2) is 6.28. The number of amides is 1. The molecule has 1 saturated heterocycles. The molecular formula is C13H13N3O6. The lowest BCUT2D eigenvalue weighted by molar-refractivity contribution is -0.386. The summed E-state index contributed by atoms with van der Waals surface area (Å²) in [6.45, 7) is 1.13. The van der Waals surface area contributed by atoms with E-state index < -0.39 is 27.8 Å². The van der Waals surface area contributed by atoms with Crippen molar-refractivity contribution in [2.45, 2.75) is 0 Å². The SMILES string of the molecule is COc1cc(C#N)c(C(=O)N2CCOCC2)c([N+](=O)[O-])c1O. The van der Waals surface area contributed by atoms with E-state index in [-0.39, 0.29) is 24.4 Å². The van der Waals surface area contributed by atoms with Crippen LogP contribution in [0, 0.1) is 21.4 Å². The zero-order valence-electron chi connectivity index (χ0n) is 11.7. The lowest BCUT2D eigenvalue weighted by atomic mass is 10.0. The molecule has 116 valence electrons. The molecular weight excluding hydrogens is 294 g/mol. The van der Waals surface area contributed by atoms with Crippen molar-refractivity contribution in [3.05, 3.63) is 27.3 Å². The summed E-state index contributed by atoms with van der Waals surface area (Å²) in [5.41, 5.74) is -1.49. The number of phenols is 1. The third kappa shape index (κ3) is 2.64. The summed E-state index contributed by atoms with van der Waals surface area (Å²) in [7, 11) is 1.20. The number of aromatic hydroxyl groups is 1. The summed E-state index contributed by atoms with van der Waals surface area (Å²) in [4.78, 5) is 24.2. The first-order valence-electron chi connectivity index (χ1n) is 6.36. The number of ether oxygens (including phenoxy) is 2. The standard InChI is InChI=1S/C13H13N3O6/c1-21-9-6-8(7-14)10(11(12(9)17)16(19)20)13(18)15-2-4-22-5-3-15/h6,17H,2-5H2,1H3. The van der Waals surface area contributed by atoms with Gasteiger partial charge in [0.1, 0.15) is 11.6 Å². The molecule has 0 spiro atoms. The maximum atomic E-state index is 12.5. The number of nitriles is 1. The van der Waals surface area contributed by atoms with Crippen LogP contribution in [0.4, 0.5) is 5.69 Å². The highest BCUT2D eigenvalue weighted by atomic mass is 16.6. The average molecular weight is 307 g/mol. The molecule has 9 heteroatoms. The molecule has 1 aliphatic rings. The molecule has 1 aromatic carbocycles. The fourth-order valence-corrected chi connectivity index (χ4v) is 2.20. The number of methoxy groups -OCH3 is 1. The van der Waals surface area contributed by atoms with Crippen molar-refractivity contribution in [2.75, 3.05) is 33.4 Å². The molecule has 0 radical (unpaired) electrons. The number of hydrogen-bond acceptors (Lipinski definition) is 7. The quantitative estimate of drug-likeness (QED) is 0.641. The molecule has 0 saturated carbocycles. The fraction of sp³-hybridized carbons (Fsp3) is 0.385. The molecule has 0 unspecified atom stereocenters. The van der Waals surface area contributed by atoms with Crippen LogP contribution in [0.25, 0.3) is 0 Å². The van der Waals surface area contributed by atoms with Gasteiger partial charge < -0.3 is 19.5 Å². The number of rotatable bonds is 3. The smallest absolute Gasteiger partial charge is 0.328 e. The van der Waals surface area contributed by atoms with Gasteiger partial charge in [-0.25, -0.2) is 0 Å². The zero-order valence-corrected chi connectivity index (χ0v) is 11.7. The minimum absolute atomic E-state index is 0.224. The van der Waals surface area contributed by atoms with Gasteiger partial charge in [0.15, 0.2) is 5.75 Å². The lowest BCUT2D eigenvalue weighted by Crippen LogP contribution is -2.41. The van der Waals surface area contributed by atoms with E-state index >= 15 is 0 Å². The van der Waals surface area contributed by atoms with Gasteiger partial charge >= 0.3 is 5.69 Å². The first kappa shape index (κ1) is 15.5. The Balaban J connectivity index is 2.62. The highest BCUT2D eigenvalue weighted by Gasteiger charge is 2.34. The zero-order chi connectivity index (χ0) is 16.3. The van der Waals surface area contributed by atoms with E-state index in [9.17, 15) is 25.3 Å². The van der Waals surface area contributed by atoms with Gasteiger partial charge in [0.25, 0.3) is 5.91 Å². The molecule has 1 amide bonds. The number of nitrogens with zero attached hydrogens (tertiary/aromatic N) is 3. The highest BCUT2D eigenvalue weighted by Crippen LogP contribution is 2.41. The van der Waals surface area contributed by atoms with Crippen molar-refractivity contribution in [1.29, 1.82) is 5.26 Å². The van der Waals surface area contributed by atoms with Gasteiger partial charge in [-0.15, -0.1) is 0 Å². The number of hydrogen-bond donors (Lipinski definition) is 1. The minimum Gasteiger partial charge on any atom is -0.499 e. The Morgan fingerprint density at radius 1 is 1.55 bits per heavy atom. The molecule has 1 aromatic rings. The van der Waals surface area contributed by atoms with E-state index in [0.29, 0.717) is 13.2 Å². The number of nitro groups is 1. The summed E-state index contributed by atoms with van der Waals surface area (Å²) < 4.78 is 9.93. The average Bonchev–Trinajstić information content (AvgIpc) is 2.54. The van der Waals surface area contributed by atoms with Crippen LogP contribution >= 0.6 is 0 Å². The topological polar surface area (TPSA) is 126 Å². The molecule has 2 rings (SSSR count). The summed E-state index contributed by atoms with van der Waals surface area (Å²) in [5, 5.41) is 30.4. The van der Waals surface area contributed by atoms with Gasteiger partial charge in [-0.2, -0.15) is 5.26 Å². The fourth-order valence-electron chi connectivity index (χ4n) is 2.20. The first-order chi connectivity index (χ1) is 10.5. The minimum atomic E-state index is -0.896. The second-order valence-electron chi connectivity index (χ2n) is 4.47. The van der Waals surface area contributed by atoms with Gasteiger partial charge in [0.2, 0.25) is 5.75 Å². The van der Waals surface area contributed by atoms with Crippen LogP contribution in [0.15, 0.2) is 6.07 Å². The molecule has 1 N–H and O–H groups in total. The number of carbonyl (C=O) groups is 1. The Bertz CT molecular complexity index is 661. The molecule has 0 atom stereocenters. The molecule has 1 aliphatic heterocycles. The van der Waals surface area contributed by atoms with Gasteiger partial charge in [-0.3, -0.25) is 14.9 Å². The van der Waals surface area contributed by atoms with Crippen LogP contribution in [0.3, 0.4) is 0 Å². The van der Waals surface area contributed by atoms with Crippen LogP contribution < -0.4 is 4.74 Å². The summed E-state index contributed by atoms with van der Waals surface area (Å²) in [6, 6.07) is 2.85. The molecule has 0 bridgehead atoms. The van der Waals surface area contributed by atoms with Crippen molar-refractivity contribution in [1.82, 2.24) is 4.90 Å². The predicted octanol–water partition coefficient (Wildman–Crippen LogP) is 0.653. The van der Waals surface area contributed by atoms with E-state index in [2.05, 4.69) is 0 Å². The Morgan fingerprint density at radius 2 is 2.18 bits per heavy atom. The molecule has 1 heterocycles. The third-order valence-electron chi connectivity index (χ3n) is 3.27. The molecule has 1 fully saturated rings. The molecule has 9 nitrogen and oxygen atoms in total. The summed E-state index contributed by atoms with van der Waals surface area (Å²) in [5.74, 6) is -1.70. The Kier molecular flexibility index (Phi) is 4.43. The van der Waals surface area contributed by atoms with Crippen LogP contribution in [-0.4, -0.2) is 54.3 Å². The normalized spacial score (nSPS) is 14.3. The molecule has 22 heavy (non-hydrogen) atoms. The van der Waals surface area contributed by atoms with E-state index in [0.717, 1.165) is 6.07 Å². The van der Waals surface area contributed by atoms with Crippen molar-refractivity contribution in [3.8, 4) is 17.6 Å². The van der Waals surface area contributed by atoms with Crippen LogP contribution in [0.5, 0.6) is 11.5 Å². The number of carbonyl (C=O) groups excluding carboxylic acids is 1. The third-order valence-corrected chi connectivity index (χ3v) is 3.27. The van der Waals surface area contributed by atoms with E-state index in [4.69, 9.17) is 9.47 Å². The number of benzene rings is 1. The highest BCUT2D eigenvalue weighted by molar-refractivity contribution is 6.02. The summed E-state index contributed by atoms with van der Waals surface area (Å²) >= 11 is 0. The molecule has 0 aliphatic carbocycles. The Morgan fingerprint density at radius 3 is 2.68 bits per heavy atom. The largest absolute Gasteiger partial charge is 0.499 e. The van der Waals surface area contributed by atoms with Crippen molar-refractivity contribution >= 4 is 11.6 Å². The Hall–Kier alpha value is -2.86. The van der Waals surface area contributed by atoms with E-state index in [1.807, 2.05) is 0 Å². The second-order valence-corrected chi connectivity index (χ2v) is 4.47. The van der Waals surface area contributed by atoms with Gasteiger partial charge in [0, 0.05) is 19.2 Å². The first-order valence-corrected chi connectivity index (χ1v) is 6.36. The number of phenolic OH excluding ortho intramolecular Hbond substituents is 1. The lowest BCUT2D eigenvalue weighted by Gasteiger charge is -2.27. The molecule has 0 aromatic heterocycles. The maximum Gasteiger partial charge on any atom is 0.328 e. The monoisotopic (exact) mass is 307 g/mol. The predicted molar refractivity (Wildman–Crippen MR) is 72.8 cm³/mol. The Labute approximate surface area is 125 Å². The van der Waals surface area contributed by atoms with Crippen molar-refractivity contribution < 1.29 is 24.3 Å². The van der Waals surface area contributed by atoms with Crippen molar-refractivity contribution in [2.24, 2.45) is 0 Å². The van der Waals surface area contributed by atoms with E-state index in [1.165, 1.54) is 12.0 Å². The number of morpholine rings is 1. The van der Waals surface area contributed by atoms with Gasteiger partial charge in [-0.05, 0) is 0 Å². The van der Waals surface area contributed by atoms with Crippen molar-refractivity contribution in [3.63, 3.8) is 0 Å². The maximum absolute atomic E-state index is 12.5. The van der Waals surface area contributed by atoms with Crippen LogP contribution in [0.2, 0.25) is 0 Å². The van der Waals surface area contributed by atoms with Crippen LogP contribution in [-0.2, 0) is 4.74 Å². The summed E-state index contributed by atoms with van der Waals surface area (Å²) in [6.07, 6.45) is 0. The van der Waals surface area contributed by atoms with Gasteiger partial charge in [-0.1, -0.05) is 0 Å².